The van der Waals surface area contributed by atoms with Crippen molar-refractivity contribution in [2.75, 3.05) is 34.4 Å². The zero-order valence-electron chi connectivity index (χ0n) is 31.4. The summed E-state index contributed by atoms with van der Waals surface area (Å²) in [5.41, 5.74) is 1.32. The first-order valence-electron chi connectivity index (χ1n) is 16.3. The average molecular weight is 683 g/mol. The molecule has 1 atom stereocenters. The van der Waals surface area contributed by atoms with Crippen LogP contribution < -0.4 is 0 Å². The molecule has 0 aliphatic heterocycles. The van der Waals surface area contributed by atoms with Gasteiger partial charge in [0.1, 0.15) is 0 Å². The molecule has 1 radical (unpaired) electrons. The third-order valence-electron chi connectivity index (χ3n) is 5.19. The largest absolute Gasteiger partial charge is 0.385 e. The van der Waals surface area contributed by atoms with Crippen molar-refractivity contribution in [3.63, 3.8) is 0 Å². The predicted octanol–water partition coefficient (Wildman–Crippen LogP) is 11.3. The number of ether oxygens (including phenoxy) is 1. The fourth-order valence-corrected chi connectivity index (χ4v) is 2.03. The van der Waals surface area contributed by atoms with Crippen LogP contribution in [-0.4, -0.2) is 49.4 Å². The van der Waals surface area contributed by atoms with Gasteiger partial charge in [0, 0.05) is 53.3 Å². The summed E-state index contributed by atoms with van der Waals surface area (Å²) in [6, 6.07) is 10.3. The van der Waals surface area contributed by atoms with Gasteiger partial charge in [-0.05, 0) is 52.2 Å². The number of nitrogens with zero attached hydrogens (tertiary/aromatic N) is 3. The maximum atomic E-state index is 4.69. The minimum atomic E-state index is 0. The molecule has 1 aromatic carbocycles. The molecule has 1 aliphatic rings. The Bertz CT molecular complexity index is 632. The molecule has 2 aromatic rings. The number of hydrogen-bond acceptors (Lipinski definition) is 5. The van der Waals surface area contributed by atoms with E-state index in [0.717, 1.165) is 31.3 Å². The van der Waals surface area contributed by atoms with Crippen LogP contribution in [0.5, 0.6) is 0 Å². The molecule has 255 valence electrons. The van der Waals surface area contributed by atoms with E-state index in [1.54, 1.807) is 14.0 Å². The molecule has 0 saturated heterocycles. The average Bonchev–Trinajstić information content (AvgIpc) is 3.42. The summed E-state index contributed by atoms with van der Waals surface area (Å²) in [6.07, 6.45) is 11.7. The topological polar surface area (TPSA) is 51.4 Å². The second-order valence-electron chi connectivity index (χ2n) is 11.4. The van der Waals surface area contributed by atoms with E-state index in [4.69, 9.17) is 4.74 Å². The van der Waals surface area contributed by atoms with Crippen LogP contribution in [0.2, 0.25) is 0 Å². The number of benzene rings is 1. The summed E-state index contributed by atoms with van der Waals surface area (Å²) in [7, 11) is 5.89. The summed E-state index contributed by atoms with van der Waals surface area (Å²) in [4.78, 5) is 5.82. The zero-order valence-corrected chi connectivity index (χ0v) is 34.3. The van der Waals surface area contributed by atoms with E-state index in [1.807, 2.05) is 25.1 Å². The van der Waals surface area contributed by atoms with Crippen LogP contribution >= 0.6 is 0 Å². The maximum absolute atomic E-state index is 4.69. The molecule has 0 bridgehead atoms. The summed E-state index contributed by atoms with van der Waals surface area (Å²) in [6.45, 7) is 32.8. The number of rotatable bonds is 6. The fraction of sp³-hybridized carbons (Fsp3) is 0.730. The quantitative estimate of drug-likeness (QED) is 0.284. The molecular formula is C37H75N3O2Y-2. The van der Waals surface area contributed by atoms with Gasteiger partial charge >= 0.3 is 0 Å². The van der Waals surface area contributed by atoms with E-state index in [1.165, 1.54) is 57.0 Å². The van der Waals surface area contributed by atoms with E-state index < -0.39 is 0 Å². The second kappa shape index (κ2) is 48.3. The van der Waals surface area contributed by atoms with Crippen LogP contribution in [0.4, 0.5) is 0 Å². The molecule has 0 amide bonds. The van der Waals surface area contributed by atoms with Crippen molar-refractivity contribution < 1.29 is 42.0 Å². The second-order valence-corrected chi connectivity index (χ2v) is 11.4. The van der Waals surface area contributed by atoms with Gasteiger partial charge in [0.25, 0.3) is 0 Å². The smallest absolute Gasteiger partial charge is 0.223 e. The molecule has 1 unspecified atom stereocenters. The molecule has 1 aromatic heterocycles. The molecule has 1 fully saturated rings. The zero-order chi connectivity index (χ0) is 33.6. The van der Waals surface area contributed by atoms with Gasteiger partial charge in [0.05, 0.1) is 0 Å². The third kappa shape index (κ3) is 74.3. The van der Waals surface area contributed by atoms with Crippen LogP contribution in [-0.2, 0) is 37.4 Å². The van der Waals surface area contributed by atoms with E-state index in [2.05, 4.69) is 122 Å². The normalized spacial score (nSPS) is 11.3. The van der Waals surface area contributed by atoms with Crippen LogP contribution in [0.25, 0.3) is 0 Å². The van der Waals surface area contributed by atoms with Crippen molar-refractivity contribution >= 4 is 0 Å². The maximum Gasteiger partial charge on any atom is 0.223 e. The van der Waals surface area contributed by atoms with Crippen LogP contribution in [0.1, 0.15) is 125 Å². The Labute approximate surface area is 297 Å². The first-order chi connectivity index (χ1) is 19.8. The molecule has 1 heterocycles. The monoisotopic (exact) mass is 682 g/mol. The van der Waals surface area contributed by atoms with Crippen LogP contribution in [0.15, 0.2) is 41.2 Å². The summed E-state index contributed by atoms with van der Waals surface area (Å²) >= 11 is 0. The van der Waals surface area contributed by atoms with Gasteiger partial charge in [-0.1, -0.05) is 135 Å². The Kier molecular flexibility index (Phi) is 61.6. The number of methoxy groups -OCH3 is 1. The van der Waals surface area contributed by atoms with Crippen molar-refractivity contribution in [2.24, 2.45) is 17.8 Å². The van der Waals surface area contributed by atoms with Gasteiger partial charge in [-0.2, -0.15) is 4.98 Å². The molecule has 6 heteroatoms. The Morgan fingerprint density at radius 1 is 0.977 bits per heavy atom. The number of hydrogen-bond donors (Lipinski definition) is 0. The van der Waals surface area contributed by atoms with E-state index in [9.17, 15) is 0 Å². The van der Waals surface area contributed by atoms with E-state index >= 15 is 0 Å². The molecule has 0 spiro atoms. The summed E-state index contributed by atoms with van der Waals surface area (Å²) < 4.78 is 9.16. The van der Waals surface area contributed by atoms with Crippen LogP contribution in [0.3, 0.4) is 0 Å². The fourth-order valence-electron chi connectivity index (χ4n) is 2.03. The predicted molar refractivity (Wildman–Crippen MR) is 190 cm³/mol. The molecule has 3 rings (SSSR count). The van der Waals surface area contributed by atoms with Gasteiger partial charge in [0.2, 0.25) is 5.89 Å². The minimum Gasteiger partial charge on any atom is -0.385 e. The van der Waals surface area contributed by atoms with Crippen molar-refractivity contribution in [1.29, 1.82) is 0 Å². The Balaban J connectivity index is -0.0000000915. The standard InChI is InChI=1S/C7H8.C5H13N.C5H10.C5H12.C5H10.C4H10O.C3H4N2O.C3H8.Y/c1-7-5-3-2-4-6-7;1-4-5-6(2)3;1-5-3-2-4-5;2*1-4-5(2)3;1-3-4-5-2;1-3-4-2-5-6-3;1-3-2;/h2-6H,1H3;4-5H2,1-3H3;5H,2-4H2,1H3;5H,4H2,1-3H3;5H,1-2,4H2,3H3;3-4H2,1-2H3;2H,1H3;3H2,1-2H3;/q;;;;-2;;;;. The van der Waals surface area contributed by atoms with E-state index in [-0.39, 0.29) is 32.7 Å². The molecule has 43 heavy (non-hydrogen) atoms. The number of aryl methyl sites for hydroxylation is 2. The van der Waals surface area contributed by atoms with Crippen molar-refractivity contribution in [3.05, 3.63) is 62.0 Å². The minimum absolute atomic E-state index is 0. The van der Waals surface area contributed by atoms with Gasteiger partial charge in [0.15, 0.2) is 6.33 Å². The van der Waals surface area contributed by atoms with Crippen molar-refractivity contribution in [3.8, 4) is 0 Å². The summed E-state index contributed by atoms with van der Waals surface area (Å²) in [5, 5.41) is 3.34. The Morgan fingerprint density at radius 3 is 1.49 bits per heavy atom. The van der Waals surface area contributed by atoms with Crippen molar-refractivity contribution in [2.45, 2.75) is 128 Å². The SMILES string of the molecule is CC1CCC1.CCC.CCC(C)C.CCCN(C)C.CCCOC.Cc1ccccc1.Cc1ncno1.[CH2-]CC([CH2-])C.[Y]. The molecule has 1 aliphatic carbocycles. The summed E-state index contributed by atoms with van der Waals surface area (Å²) in [5.74, 6) is 3.08. The first kappa shape index (κ1) is 54.8. The van der Waals surface area contributed by atoms with Gasteiger partial charge in [-0.25, -0.2) is 12.3 Å². The van der Waals surface area contributed by atoms with Crippen LogP contribution in [0, 0.1) is 45.4 Å². The molecule has 0 N–H and O–H groups in total. The molecule has 1 saturated carbocycles. The number of aromatic nitrogens is 2. The first-order valence-corrected chi connectivity index (χ1v) is 16.3. The Hall–Kier alpha value is -0.616. The molecule has 5 nitrogen and oxygen atoms in total. The van der Waals surface area contributed by atoms with Gasteiger partial charge in [-0.15, -0.1) is 0 Å². The molecular weight excluding hydrogens is 607 g/mol. The van der Waals surface area contributed by atoms with E-state index in [0.29, 0.717) is 11.8 Å². The van der Waals surface area contributed by atoms with Gasteiger partial charge in [-0.3, -0.25) is 0 Å². The van der Waals surface area contributed by atoms with Gasteiger partial charge < -0.3 is 28.0 Å². The van der Waals surface area contributed by atoms with Crippen molar-refractivity contribution in [1.82, 2.24) is 15.0 Å². The Morgan fingerprint density at radius 2 is 1.42 bits per heavy atom. The third-order valence-corrected chi connectivity index (χ3v) is 5.19.